The monoisotopic (exact) mass is 899 g/mol. The van der Waals surface area contributed by atoms with Crippen LogP contribution in [0.2, 0.25) is 0 Å². The number of carbonyl (C=O) groups excluding carboxylic acids is 1. The number of phenolic OH excluding ortho intramolecular Hbond substituents is 2. The van der Waals surface area contributed by atoms with Gasteiger partial charge in [-0.3, -0.25) is 14.6 Å². The van der Waals surface area contributed by atoms with Crippen LogP contribution in [0, 0.1) is 82.1 Å². The Morgan fingerprint density at radius 1 is 0.960 bits per heavy atom. The van der Waals surface area contributed by atoms with Gasteiger partial charge in [-0.15, -0.1) is 0 Å². The number of carbonyl (C=O) groups is 1. The number of rotatable bonds is 13. The van der Waals surface area contributed by atoms with Gasteiger partial charge in [-0.25, -0.2) is 0 Å². The van der Waals surface area contributed by atoms with Crippen molar-refractivity contribution in [3.05, 3.63) is 45.0 Å². The summed E-state index contributed by atoms with van der Waals surface area (Å²) in [7, 11) is 2.06. The number of amides is 1. The van der Waals surface area contributed by atoms with E-state index in [0.29, 0.717) is 35.7 Å². The number of aryl methyl sites for hydroxylation is 1. The Kier molecular flexibility index (Phi) is 13.1. The Balaban J connectivity index is 0.00000486. The maximum atomic E-state index is 13.6. The number of piperazine rings is 1. The molecule has 4 heterocycles. The van der Waals surface area contributed by atoms with Crippen LogP contribution in [-0.4, -0.2) is 64.4 Å². The minimum Gasteiger partial charge on any atom is -0.507 e. The Labute approximate surface area is 334 Å². The Morgan fingerprint density at radius 2 is 1.62 bits per heavy atom. The second-order valence-electron chi connectivity index (χ2n) is 15.1. The standard InChI is InChI=1S/C40H56N4O5.Ac/c1-7-8-9-10-11-12-13-14-15-16-23(2)40(47)42-21-32-34-28(36(45)26(5)38-39(34)49-22-48-38)19-30-35-33-27(17-24(3)25(4)37(33)46)18-29(43(35)6)31(20-41)44(30)32;/h17,23,29-32,35,45-46H,7-16,18-19,21-22H2,1-6H3,(H,42,47);/t23?,29-,30?,31-,32-,35-;/m0./s1. The van der Waals surface area contributed by atoms with Crippen LogP contribution in [0.4, 0.5) is 0 Å². The maximum Gasteiger partial charge on any atom is 0.231 e. The van der Waals surface area contributed by atoms with Crippen molar-refractivity contribution in [1.82, 2.24) is 15.1 Å². The molecule has 2 aromatic rings. The summed E-state index contributed by atoms with van der Waals surface area (Å²) in [6, 6.07) is 3.35. The molecular weight excluding hydrogens is 843 g/mol. The molecule has 4 aliphatic heterocycles. The molecule has 269 valence electrons. The average molecular weight is 900 g/mol. The van der Waals surface area contributed by atoms with E-state index in [1.807, 2.05) is 27.7 Å². The predicted molar refractivity (Wildman–Crippen MR) is 190 cm³/mol. The number of likely N-dealkylation sites (N-methyl/N-ethyl adjacent to an activating group) is 1. The van der Waals surface area contributed by atoms with E-state index in [1.165, 1.54) is 44.9 Å². The Bertz CT molecular complexity index is 1610. The first-order valence-electron chi connectivity index (χ1n) is 18.7. The number of nitriles is 1. The van der Waals surface area contributed by atoms with Crippen LogP contribution in [0.3, 0.4) is 0 Å². The quantitative estimate of drug-likeness (QED) is 0.181. The molecule has 1 saturated heterocycles. The van der Waals surface area contributed by atoms with Gasteiger partial charge < -0.3 is 25.0 Å². The molecule has 9 nitrogen and oxygen atoms in total. The zero-order valence-electron chi connectivity index (χ0n) is 31.0. The molecule has 0 aromatic heterocycles. The normalized spacial score (nSPS) is 24.0. The third kappa shape index (κ3) is 7.15. The van der Waals surface area contributed by atoms with Crippen LogP contribution >= 0.6 is 0 Å². The van der Waals surface area contributed by atoms with Gasteiger partial charge in [-0.2, -0.15) is 5.26 Å². The number of nitrogens with zero attached hydrogens (tertiary/aromatic N) is 3. The van der Waals surface area contributed by atoms with Crippen LogP contribution in [-0.2, 0) is 17.6 Å². The molecule has 0 spiro atoms. The van der Waals surface area contributed by atoms with E-state index in [2.05, 4.69) is 41.2 Å². The maximum absolute atomic E-state index is 13.6. The molecule has 2 bridgehead atoms. The fourth-order valence-corrected chi connectivity index (χ4v) is 9.17. The number of hydrogen-bond donors (Lipinski definition) is 3. The molecule has 1 fully saturated rings. The average Bonchev–Trinajstić information content (AvgIpc) is 3.58. The van der Waals surface area contributed by atoms with Gasteiger partial charge in [-0.05, 0) is 63.8 Å². The van der Waals surface area contributed by atoms with Crippen molar-refractivity contribution < 1.29 is 68.5 Å². The second-order valence-corrected chi connectivity index (χ2v) is 15.1. The van der Waals surface area contributed by atoms with Crippen molar-refractivity contribution in [2.75, 3.05) is 20.4 Å². The van der Waals surface area contributed by atoms with Crippen LogP contribution in [0.1, 0.15) is 129 Å². The molecule has 0 aliphatic carbocycles. The van der Waals surface area contributed by atoms with Gasteiger partial charge in [0.2, 0.25) is 12.7 Å². The number of unbranched alkanes of at least 4 members (excludes halogenated alkanes) is 8. The van der Waals surface area contributed by atoms with Crippen molar-refractivity contribution in [2.45, 2.75) is 142 Å². The molecule has 2 unspecified atom stereocenters. The molecule has 1 amide bonds. The van der Waals surface area contributed by atoms with Crippen LogP contribution in [0.25, 0.3) is 0 Å². The van der Waals surface area contributed by atoms with Crippen LogP contribution in [0.15, 0.2) is 6.07 Å². The van der Waals surface area contributed by atoms with Crippen molar-refractivity contribution in [1.29, 1.82) is 5.26 Å². The summed E-state index contributed by atoms with van der Waals surface area (Å²) in [5.41, 5.74) is 6.09. The van der Waals surface area contributed by atoms with Crippen LogP contribution in [0.5, 0.6) is 23.0 Å². The molecule has 1 radical (unpaired) electrons. The van der Waals surface area contributed by atoms with Gasteiger partial charge in [-0.1, -0.05) is 77.7 Å². The first kappa shape index (κ1) is 39.2. The number of nitrogens with one attached hydrogen (secondary N) is 1. The molecule has 2 aromatic carbocycles. The number of aromatic hydroxyl groups is 2. The summed E-state index contributed by atoms with van der Waals surface area (Å²) < 4.78 is 11.9. The number of hydrogen-bond acceptors (Lipinski definition) is 8. The van der Waals surface area contributed by atoms with E-state index in [0.717, 1.165) is 52.6 Å². The summed E-state index contributed by atoms with van der Waals surface area (Å²) in [6.45, 7) is 10.4. The van der Waals surface area contributed by atoms with Crippen molar-refractivity contribution in [3.8, 4) is 29.1 Å². The summed E-state index contributed by atoms with van der Waals surface area (Å²) in [5, 5.41) is 37.4. The van der Waals surface area contributed by atoms with E-state index >= 15 is 0 Å². The molecule has 3 N–H and O–H groups in total. The van der Waals surface area contributed by atoms with E-state index in [1.54, 1.807) is 0 Å². The van der Waals surface area contributed by atoms with Gasteiger partial charge in [0, 0.05) is 90.9 Å². The number of ether oxygens (including phenoxy) is 2. The molecule has 4 aliphatic rings. The second kappa shape index (κ2) is 16.7. The first-order valence-corrected chi connectivity index (χ1v) is 18.7. The molecule has 0 saturated carbocycles. The fourth-order valence-electron chi connectivity index (χ4n) is 9.17. The van der Waals surface area contributed by atoms with Gasteiger partial charge in [0.15, 0.2) is 11.5 Å². The Morgan fingerprint density at radius 3 is 2.30 bits per heavy atom. The minimum atomic E-state index is -0.487. The number of benzene rings is 2. The zero-order valence-corrected chi connectivity index (χ0v) is 35.7. The number of phenols is 2. The summed E-state index contributed by atoms with van der Waals surface area (Å²) in [5.74, 6) is 1.49. The summed E-state index contributed by atoms with van der Waals surface area (Å²) in [4.78, 5) is 18.1. The molecule has 10 heteroatoms. The number of fused-ring (bicyclic) bond motifs is 9. The third-order valence-corrected chi connectivity index (χ3v) is 12.1. The van der Waals surface area contributed by atoms with Gasteiger partial charge in [0.05, 0.1) is 18.2 Å². The zero-order chi connectivity index (χ0) is 35.0. The molecular formula is C40H56AcN4O5. The van der Waals surface area contributed by atoms with E-state index in [4.69, 9.17) is 9.47 Å². The van der Waals surface area contributed by atoms with E-state index in [-0.39, 0.29) is 93.1 Å². The van der Waals surface area contributed by atoms with Crippen molar-refractivity contribution >= 4 is 5.91 Å². The van der Waals surface area contributed by atoms with Crippen molar-refractivity contribution in [3.63, 3.8) is 0 Å². The summed E-state index contributed by atoms with van der Waals surface area (Å²) in [6.07, 6.45) is 13.2. The Hall–Kier alpha value is -2.04. The van der Waals surface area contributed by atoms with Gasteiger partial charge >= 0.3 is 0 Å². The van der Waals surface area contributed by atoms with E-state index in [9.17, 15) is 20.3 Å². The molecule has 6 atom stereocenters. The largest absolute Gasteiger partial charge is 0.507 e. The third-order valence-electron chi connectivity index (χ3n) is 12.1. The van der Waals surface area contributed by atoms with E-state index < -0.39 is 12.1 Å². The first-order chi connectivity index (χ1) is 23.6. The minimum absolute atomic E-state index is 0. The SMILES string of the molecule is CCCCCCCCCCCC(C)C(=O)NC[C@H]1c2c(c(O)c(C)c3c2OCO3)CC2[C@H]3c4c(cc(C)c(C)c4O)C[C@@H]([C@H](C#N)N21)N3C.[Ac]. The van der Waals surface area contributed by atoms with Gasteiger partial charge in [0.25, 0.3) is 0 Å². The smallest absolute Gasteiger partial charge is 0.231 e. The molecule has 50 heavy (non-hydrogen) atoms. The van der Waals surface area contributed by atoms with Crippen LogP contribution < -0.4 is 14.8 Å². The van der Waals surface area contributed by atoms with Gasteiger partial charge in [0.1, 0.15) is 17.5 Å². The summed E-state index contributed by atoms with van der Waals surface area (Å²) >= 11 is 0. The molecule has 6 rings (SSSR count). The predicted octanol–water partition coefficient (Wildman–Crippen LogP) is 7.20. The van der Waals surface area contributed by atoms with Crippen molar-refractivity contribution in [2.24, 2.45) is 5.92 Å². The fraction of sp³-hybridized carbons (Fsp3) is 0.650. The topological polar surface area (TPSA) is 118 Å².